The zero-order chi connectivity index (χ0) is 15.3. The first-order chi connectivity index (χ1) is 9.32. The second-order valence-corrected chi connectivity index (χ2v) is 6.08. The molecule has 2 atom stereocenters. The van der Waals surface area contributed by atoms with Crippen molar-refractivity contribution in [1.29, 1.82) is 0 Å². The normalized spacial score (nSPS) is 20.9. The summed E-state index contributed by atoms with van der Waals surface area (Å²) in [5.41, 5.74) is 11.3. The third kappa shape index (κ3) is 4.67. The standard InChI is InChI=1S/C14H28N4O2/c1-10(2)12(15)6-8-17(3)13(19)11-5-4-7-18(9-11)14(16)20/h10-12H,4-9,15H2,1-3H3,(H2,16,20). The molecule has 0 aromatic heterocycles. The summed E-state index contributed by atoms with van der Waals surface area (Å²) >= 11 is 0. The number of primary amides is 1. The zero-order valence-corrected chi connectivity index (χ0v) is 12.8. The van der Waals surface area contributed by atoms with Crippen molar-refractivity contribution in [1.82, 2.24) is 9.80 Å². The van der Waals surface area contributed by atoms with E-state index >= 15 is 0 Å². The largest absolute Gasteiger partial charge is 0.351 e. The molecule has 0 saturated carbocycles. The molecule has 0 bridgehead atoms. The lowest BCUT2D eigenvalue weighted by Gasteiger charge is -2.33. The van der Waals surface area contributed by atoms with Gasteiger partial charge in [-0.3, -0.25) is 4.79 Å². The molecule has 3 amide bonds. The van der Waals surface area contributed by atoms with Crippen LogP contribution in [0.15, 0.2) is 0 Å². The Morgan fingerprint density at radius 2 is 2.05 bits per heavy atom. The SMILES string of the molecule is CC(C)C(N)CCN(C)C(=O)C1CCCN(C(N)=O)C1. The fraction of sp³-hybridized carbons (Fsp3) is 0.857. The Bertz CT molecular complexity index is 346. The number of rotatable bonds is 5. The summed E-state index contributed by atoms with van der Waals surface area (Å²) in [6, 6.07) is -0.328. The van der Waals surface area contributed by atoms with E-state index in [0.29, 0.717) is 25.6 Å². The molecule has 1 heterocycles. The van der Waals surface area contributed by atoms with Crippen LogP contribution in [0.5, 0.6) is 0 Å². The van der Waals surface area contributed by atoms with E-state index in [4.69, 9.17) is 11.5 Å². The highest BCUT2D eigenvalue weighted by Gasteiger charge is 2.29. The van der Waals surface area contributed by atoms with Crippen LogP contribution in [-0.4, -0.2) is 54.5 Å². The Kier molecular flexibility index (Phi) is 6.26. The first-order valence-corrected chi connectivity index (χ1v) is 7.37. The van der Waals surface area contributed by atoms with Crippen LogP contribution >= 0.6 is 0 Å². The molecule has 116 valence electrons. The van der Waals surface area contributed by atoms with Gasteiger partial charge in [-0.05, 0) is 25.2 Å². The molecule has 0 spiro atoms. The highest BCUT2D eigenvalue weighted by atomic mass is 16.2. The van der Waals surface area contributed by atoms with Gasteiger partial charge in [0.05, 0.1) is 5.92 Å². The van der Waals surface area contributed by atoms with Gasteiger partial charge in [0.1, 0.15) is 0 Å². The summed E-state index contributed by atoms with van der Waals surface area (Å²) < 4.78 is 0. The highest BCUT2D eigenvalue weighted by molar-refractivity contribution is 5.80. The number of nitrogens with two attached hydrogens (primary N) is 2. The molecule has 1 saturated heterocycles. The average Bonchev–Trinajstić information content (AvgIpc) is 2.43. The lowest BCUT2D eigenvalue weighted by molar-refractivity contribution is -0.135. The fourth-order valence-corrected chi connectivity index (χ4v) is 2.48. The summed E-state index contributed by atoms with van der Waals surface area (Å²) in [5, 5.41) is 0. The number of piperidine rings is 1. The minimum Gasteiger partial charge on any atom is -0.351 e. The summed E-state index contributed by atoms with van der Waals surface area (Å²) in [7, 11) is 1.80. The maximum absolute atomic E-state index is 12.4. The molecule has 1 aliphatic heterocycles. The Morgan fingerprint density at radius 1 is 1.40 bits per heavy atom. The predicted molar refractivity (Wildman–Crippen MR) is 78.9 cm³/mol. The summed E-state index contributed by atoms with van der Waals surface area (Å²) in [6.07, 6.45) is 2.45. The van der Waals surface area contributed by atoms with E-state index in [2.05, 4.69) is 13.8 Å². The second-order valence-electron chi connectivity index (χ2n) is 6.08. The van der Waals surface area contributed by atoms with Gasteiger partial charge in [-0.1, -0.05) is 13.8 Å². The van der Waals surface area contributed by atoms with Crippen molar-refractivity contribution in [3.63, 3.8) is 0 Å². The molecule has 1 aliphatic rings. The number of hydrogen-bond donors (Lipinski definition) is 2. The Hall–Kier alpha value is -1.30. The molecule has 0 aromatic rings. The monoisotopic (exact) mass is 284 g/mol. The lowest BCUT2D eigenvalue weighted by Crippen LogP contribution is -2.48. The lowest BCUT2D eigenvalue weighted by atomic mass is 9.96. The fourth-order valence-electron chi connectivity index (χ4n) is 2.48. The minimum absolute atomic E-state index is 0.0897. The number of urea groups is 1. The van der Waals surface area contributed by atoms with Gasteiger partial charge in [0, 0.05) is 32.7 Å². The molecule has 20 heavy (non-hydrogen) atoms. The summed E-state index contributed by atoms with van der Waals surface area (Å²) in [4.78, 5) is 26.8. The van der Waals surface area contributed by atoms with E-state index in [1.165, 1.54) is 0 Å². The molecular weight excluding hydrogens is 256 g/mol. The van der Waals surface area contributed by atoms with E-state index in [-0.39, 0.29) is 17.9 Å². The number of nitrogens with zero attached hydrogens (tertiary/aromatic N) is 2. The first-order valence-electron chi connectivity index (χ1n) is 7.37. The quantitative estimate of drug-likeness (QED) is 0.774. The van der Waals surface area contributed by atoms with Crippen LogP contribution in [0.4, 0.5) is 4.79 Å². The van der Waals surface area contributed by atoms with Crippen LogP contribution in [0.2, 0.25) is 0 Å². The van der Waals surface area contributed by atoms with Gasteiger partial charge in [-0.25, -0.2) is 4.79 Å². The zero-order valence-electron chi connectivity index (χ0n) is 12.8. The van der Waals surface area contributed by atoms with Crippen molar-refractivity contribution >= 4 is 11.9 Å². The highest BCUT2D eigenvalue weighted by Crippen LogP contribution is 2.18. The predicted octanol–water partition coefficient (Wildman–Crippen LogP) is 0.609. The number of carbonyl (C=O) groups is 2. The number of likely N-dealkylation sites (tertiary alicyclic amines) is 1. The third-order valence-corrected chi connectivity index (χ3v) is 4.11. The van der Waals surface area contributed by atoms with Crippen LogP contribution in [-0.2, 0) is 4.79 Å². The van der Waals surface area contributed by atoms with Gasteiger partial charge < -0.3 is 21.3 Å². The molecule has 0 aliphatic carbocycles. The molecule has 4 N–H and O–H groups in total. The van der Waals surface area contributed by atoms with Gasteiger partial charge >= 0.3 is 6.03 Å². The average molecular weight is 284 g/mol. The number of amides is 3. The van der Waals surface area contributed by atoms with Gasteiger partial charge in [0.2, 0.25) is 5.91 Å². The van der Waals surface area contributed by atoms with Gasteiger partial charge in [0.15, 0.2) is 0 Å². The van der Waals surface area contributed by atoms with Crippen molar-refractivity contribution in [2.24, 2.45) is 23.3 Å². The Balaban J connectivity index is 2.45. The maximum atomic E-state index is 12.4. The molecule has 1 fully saturated rings. The Labute approximate surface area is 121 Å². The van der Waals surface area contributed by atoms with E-state index < -0.39 is 6.03 Å². The molecule has 2 unspecified atom stereocenters. The number of hydrogen-bond acceptors (Lipinski definition) is 3. The molecule has 1 rings (SSSR count). The smallest absolute Gasteiger partial charge is 0.314 e. The number of carbonyl (C=O) groups excluding carboxylic acids is 2. The van der Waals surface area contributed by atoms with Gasteiger partial charge in [0.25, 0.3) is 0 Å². The van der Waals surface area contributed by atoms with Crippen LogP contribution in [0.1, 0.15) is 33.1 Å². The topological polar surface area (TPSA) is 92.7 Å². The summed E-state index contributed by atoms with van der Waals surface area (Å²) in [5.74, 6) is 0.377. The van der Waals surface area contributed by atoms with E-state index in [1.807, 2.05) is 0 Å². The second kappa shape index (κ2) is 7.47. The van der Waals surface area contributed by atoms with Crippen molar-refractivity contribution in [3.05, 3.63) is 0 Å². The van der Waals surface area contributed by atoms with E-state index in [1.54, 1.807) is 16.8 Å². The van der Waals surface area contributed by atoms with Crippen molar-refractivity contribution in [2.75, 3.05) is 26.7 Å². The molecular formula is C14H28N4O2. The van der Waals surface area contributed by atoms with Crippen LogP contribution in [0.3, 0.4) is 0 Å². The van der Waals surface area contributed by atoms with Gasteiger partial charge in [-0.2, -0.15) is 0 Å². The van der Waals surface area contributed by atoms with Crippen molar-refractivity contribution in [2.45, 2.75) is 39.2 Å². The van der Waals surface area contributed by atoms with Gasteiger partial charge in [-0.15, -0.1) is 0 Å². The third-order valence-electron chi connectivity index (χ3n) is 4.11. The van der Waals surface area contributed by atoms with E-state index in [9.17, 15) is 9.59 Å². The molecule has 0 aromatic carbocycles. The molecule has 6 nitrogen and oxygen atoms in total. The van der Waals surface area contributed by atoms with Crippen molar-refractivity contribution < 1.29 is 9.59 Å². The minimum atomic E-state index is -0.438. The molecule has 0 radical (unpaired) electrons. The first kappa shape index (κ1) is 16.8. The van der Waals surface area contributed by atoms with Crippen LogP contribution in [0.25, 0.3) is 0 Å². The van der Waals surface area contributed by atoms with Crippen LogP contribution < -0.4 is 11.5 Å². The molecule has 6 heteroatoms. The van der Waals surface area contributed by atoms with Crippen LogP contribution in [0, 0.1) is 11.8 Å². The van der Waals surface area contributed by atoms with Crippen molar-refractivity contribution in [3.8, 4) is 0 Å². The Morgan fingerprint density at radius 3 is 2.60 bits per heavy atom. The summed E-state index contributed by atoms with van der Waals surface area (Å²) in [6.45, 7) is 5.91. The van der Waals surface area contributed by atoms with E-state index in [0.717, 1.165) is 19.3 Å². The maximum Gasteiger partial charge on any atom is 0.314 e.